The zero-order chi connectivity index (χ0) is 14.5. The van der Waals surface area contributed by atoms with Crippen LogP contribution in [0, 0.1) is 12.7 Å². The van der Waals surface area contributed by atoms with E-state index in [9.17, 15) is 9.18 Å². The summed E-state index contributed by atoms with van der Waals surface area (Å²) >= 11 is 0. The van der Waals surface area contributed by atoms with E-state index in [4.69, 9.17) is 0 Å². The Balaban J connectivity index is 1.97. The zero-order valence-corrected chi connectivity index (χ0v) is 11.3. The van der Waals surface area contributed by atoms with Crippen LogP contribution >= 0.6 is 0 Å². The molecule has 1 amide bonds. The molecular formula is C14H15FN4O. The Morgan fingerprint density at radius 1 is 1.50 bits per heavy atom. The minimum atomic E-state index is -0.327. The Bertz CT molecular complexity index is 648. The van der Waals surface area contributed by atoms with E-state index < -0.39 is 0 Å². The van der Waals surface area contributed by atoms with Crippen molar-refractivity contribution < 1.29 is 9.18 Å². The van der Waals surface area contributed by atoms with Gasteiger partial charge >= 0.3 is 0 Å². The summed E-state index contributed by atoms with van der Waals surface area (Å²) in [6, 6.07) is 6.11. The van der Waals surface area contributed by atoms with Gasteiger partial charge in [-0.3, -0.25) is 9.89 Å². The third-order valence-corrected chi connectivity index (χ3v) is 2.69. The smallest absolute Gasteiger partial charge is 0.244 e. The van der Waals surface area contributed by atoms with Gasteiger partial charge in [-0.1, -0.05) is 12.1 Å². The maximum absolute atomic E-state index is 13.1. The van der Waals surface area contributed by atoms with Crippen LogP contribution in [-0.2, 0) is 11.3 Å². The van der Waals surface area contributed by atoms with Crippen LogP contribution in [0.5, 0.6) is 0 Å². The third-order valence-electron chi connectivity index (χ3n) is 2.69. The van der Waals surface area contributed by atoms with E-state index in [1.54, 1.807) is 26.0 Å². The molecule has 0 aliphatic rings. The van der Waals surface area contributed by atoms with E-state index in [0.29, 0.717) is 22.8 Å². The first-order chi connectivity index (χ1) is 9.54. The second-order valence-electron chi connectivity index (χ2n) is 4.39. The highest BCUT2D eigenvalue weighted by Gasteiger charge is 2.04. The Hall–Kier alpha value is -2.50. The van der Waals surface area contributed by atoms with Gasteiger partial charge in [0.1, 0.15) is 11.6 Å². The van der Waals surface area contributed by atoms with Crippen molar-refractivity contribution in [2.75, 3.05) is 0 Å². The number of carbonyl (C=O) groups is 1. The fourth-order valence-electron chi connectivity index (χ4n) is 1.70. The topological polar surface area (TPSA) is 70.7 Å². The number of halogens is 1. The fourth-order valence-corrected chi connectivity index (χ4v) is 1.70. The molecule has 0 aliphatic heterocycles. The molecule has 6 heteroatoms. The lowest BCUT2D eigenvalue weighted by Crippen LogP contribution is -2.21. The lowest BCUT2D eigenvalue weighted by Gasteiger charge is -2.02. The van der Waals surface area contributed by atoms with Gasteiger partial charge in [-0.15, -0.1) is 0 Å². The van der Waals surface area contributed by atoms with E-state index >= 15 is 0 Å². The molecule has 1 aromatic carbocycles. The van der Waals surface area contributed by atoms with Crippen molar-refractivity contribution in [2.24, 2.45) is 0 Å². The van der Waals surface area contributed by atoms with Crippen molar-refractivity contribution in [1.82, 2.24) is 20.5 Å². The molecule has 0 atom stereocenters. The summed E-state index contributed by atoms with van der Waals surface area (Å²) < 4.78 is 13.1. The molecule has 0 spiro atoms. The van der Waals surface area contributed by atoms with Gasteiger partial charge in [-0.25, -0.2) is 9.37 Å². The van der Waals surface area contributed by atoms with Gasteiger partial charge in [-0.2, -0.15) is 5.10 Å². The number of allylic oxidation sites excluding steroid dienone is 1. The Kier molecular flexibility index (Phi) is 4.24. The highest BCUT2D eigenvalue weighted by atomic mass is 19.1. The molecule has 1 aromatic heterocycles. The molecule has 0 bridgehead atoms. The van der Waals surface area contributed by atoms with Crippen LogP contribution in [0.2, 0.25) is 0 Å². The number of benzene rings is 1. The average Bonchev–Trinajstić information content (AvgIpc) is 2.82. The minimum absolute atomic E-state index is 0.246. The SMILES string of the molecule is C/C(=C/C(=O)NCc1n[nH]c(C)n1)c1cccc(F)c1. The van der Waals surface area contributed by atoms with E-state index in [2.05, 4.69) is 20.5 Å². The number of hydrogen-bond acceptors (Lipinski definition) is 3. The molecule has 5 nitrogen and oxygen atoms in total. The number of H-pyrrole nitrogens is 1. The molecule has 2 aromatic rings. The van der Waals surface area contributed by atoms with Gasteiger partial charge in [0.2, 0.25) is 5.91 Å². The fraction of sp³-hybridized carbons (Fsp3) is 0.214. The van der Waals surface area contributed by atoms with E-state index in [1.807, 2.05) is 0 Å². The molecule has 0 aliphatic carbocycles. The number of amides is 1. The maximum Gasteiger partial charge on any atom is 0.244 e. The average molecular weight is 274 g/mol. The van der Waals surface area contributed by atoms with Crippen LogP contribution in [0.3, 0.4) is 0 Å². The van der Waals surface area contributed by atoms with Crippen LogP contribution < -0.4 is 5.32 Å². The van der Waals surface area contributed by atoms with Crippen molar-refractivity contribution >= 4 is 11.5 Å². The lowest BCUT2D eigenvalue weighted by atomic mass is 10.1. The third kappa shape index (κ3) is 3.74. The Morgan fingerprint density at radius 2 is 2.30 bits per heavy atom. The van der Waals surface area contributed by atoms with Crippen molar-refractivity contribution in [3.8, 4) is 0 Å². The van der Waals surface area contributed by atoms with E-state index in [0.717, 1.165) is 0 Å². The van der Waals surface area contributed by atoms with Gasteiger partial charge in [0.25, 0.3) is 0 Å². The number of nitrogens with one attached hydrogen (secondary N) is 2. The van der Waals surface area contributed by atoms with Crippen LogP contribution in [0.1, 0.15) is 24.1 Å². The van der Waals surface area contributed by atoms with Crippen molar-refractivity contribution in [3.05, 3.63) is 53.4 Å². The second-order valence-corrected chi connectivity index (χ2v) is 4.39. The monoisotopic (exact) mass is 274 g/mol. The first-order valence-electron chi connectivity index (χ1n) is 6.14. The van der Waals surface area contributed by atoms with Crippen molar-refractivity contribution in [3.63, 3.8) is 0 Å². The van der Waals surface area contributed by atoms with Crippen LogP contribution in [0.4, 0.5) is 4.39 Å². The molecule has 0 unspecified atom stereocenters. The Morgan fingerprint density at radius 3 is 2.95 bits per heavy atom. The van der Waals surface area contributed by atoms with E-state index in [1.165, 1.54) is 18.2 Å². The van der Waals surface area contributed by atoms with Gasteiger partial charge in [0.15, 0.2) is 5.82 Å². The summed E-state index contributed by atoms with van der Waals surface area (Å²) in [4.78, 5) is 15.8. The number of aryl methyl sites for hydroxylation is 1. The maximum atomic E-state index is 13.1. The first kappa shape index (κ1) is 13.9. The number of rotatable bonds is 4. The molecule has 1 heterocycles. The molecule has 0 saturated heterocycles. The predicted molar refractivity (Wildman–Crippen MR) is 73.0 cm³/mol. The molecule has 0 radical (unpaired) electrons. The number of nitrogens with zero attached hydrogens (tertiary/aromatic N) is 2. The van der Waals surface area contributed by atoms with Crippen molar-refractivity contribution in [2.45, 2.75) is 20.4 Å². The molecule has 104 valence electrons. The largest absolute Gasteiger partial charge is 0.345 e. The van der Waals surface area contributed by atoms with E-state index in [-0.39, 0.29) is 18.3 Å². The van der Waals surface area contributed by atoms with Crippen LogP contribution in [0.25, 0.3) is 5.57 Å². The highest BCUT2D eigenvalue weighted by molar-refractivity contribution is 5.94. The van der Waals surface area contributed by atoms with Crippen LogP contribution in [-0.4, -0.2) is 21.1 Å². The normalized spacial score (nSPS) is 11.4. The molecule has 2 N–H and O–H groups in total. The lowest BCUT2D eigenvalue weighted by molar-refractivity contribution is -0.116. The summed E-state index contributed by atoms with van der Waals surface area (Å²) in [6.07, 6.45) is 1.42. The molecule has 0 fully saturated rings. The van der Waals surface area contributed by atoms with Crippen molar-refractivity contribution in [1.29, 1.82) is 0 Å². The van der Waals surface area contributed by atoms with Gasteiger partial charge in [-0.05, 0) is 37.1 Å². The molecule has 0 saturated carbocycles. The minimum Gasteiger partial charge on any atom is -0.345 e. The summed E-state index contributed by atoms with van der Waals surface area (Å²) in [5.41, 5.74) is 1.36. The zero-order valence-electron chi connectivity index (χ0n) is 11.3. The number of aromatic nitrogens is 3. The summed E-state index contributed by atoms with van der Waals surface area (Å²) in [5, 5.41) is 9.28. The number of carbonyl (C=O) groups excluding carboxylic acids is 1. The predicted octanol–water partition coefficient (Wildman–Crippen LogP) is 1.97. The van der Waals surface area contributed by atoms with Gasteiger partial charge in [0.05, 0.1) is 6.54 Å². The summed E-state index contributed by atoms with van der Waals surface area (Å²) in [7, 11) is 0. The molecule has 20 heavy (non-hydrogen) atoms. The first-order valence-corrected chi connectivity index (χ1v) is 6.14. The Labute approximate surface area is 115 Å². The second kappa shape index (κ2) is 6.10. The van der Waals surface area contributed by atoms with Gasteiger partial charge in [0, 0.05) is 6.08 Å². The number of hydrogen-bond donors (Lipinski definition) is 2. The quantitative estimate of drug-likeness (QED) is 0.837. The molecule has 2 rings (SSSR count). The number of aromatic amines is 1. The summed E-state index contributed by atoms with van der Waals surface area (Å²) in [6.45, 7) is 3.79. The summed E-state index contributed by atoms with van der Waals surface area (Å²) in [5.74, 6) is 0.620. The highest BCUT2D eigenvalue weighted by Crippen LogP contribution is 2.14. The van der Waals surface area contributed by atoms with Crippen LogP contribution in [0.15, 0.2) is 30.3 Å². The molecular weight excluding hydrogens is 259 g/mol. The van der Waals surface area contributed by atoms with Gasteiger partial charge < -0.3 is 5.32 Å². The standard InChI is InChI=1S/C14H15FN4O/c1-9(11-4-3-5-12(15)7-11)6-14(20)16-8-13-17-10(2)18-19-13/h3-7H,8H2,1-2H3,(H,16,20)(H,17,18,19)/b9-6-.